The first-order valence-corrected chi connectivity index (χ1v) is 6.62. The van der Waals surface area contributed by atoms with Crippen molar-refractivity contribution in [2.24, 2.45) is 0 Å². The van der Waals surface area contributed by atoms with E-state index >= 15 is 0 Å². The maximum Gasteiger partial charge on any atom is 0.337 e. The number of carbonyl (C=O) groups is 1. The van der Waals surface area contributed by atoms with Crippen molar-refractivity contribution in [2.45, 2.75) is 6.54 Å². The molecule has 1 aromatic heterocycles. The predicted octanol–water partition coefficient (Wildman–Crippen LogP) is 3.06. The summed E-state index contributed by atoms with van der Waals surface area (Å²) in [6.07, 6.45) is 1.08. The second-order valence-electron chi connectivity index (χ2n) is 4.13. The van der Waals surface area contributed by atoms with Crippen molar-refractivity contribution in [3.63, 3.8) is 0 Å². The third-order valence-electron chi connectivity index (χ3n) is 2.68. The molecule has 0 aliphatic rings. The molecule has 21 heavy (non-hydrogen) atoms. The number of rotatable bonds is 5. The Morgan fingerprint density at radius 3 is 2.62 bits per heavy atom. The lowest BCUT2D eigenvalue weighted by atomic mass is 10.2. The Morgan fingerprint density at radius 1 is 1.38 bits per heavy atom. The Kier molecular flexibility index (Phi) is 4.49. The van der Waals surface area contributed by atoms with E-state index in [2.05, 4.69) is 26.2 Å². The third-order valence-corrected chi connectivity index (χ3v) is 3.21. The lowest BCUT2D eigenvalue weighted by Gasteiger charge is -2.07. The summed E-state index contributed by atoms with van der Waals surface area (Å²) >= 11 is 3.32. The van der Waals surface area contributed by atoms with Crippen LogP contribution in [0, 0.1) is 10.1 Å². The molecule has 0 saturated heterocycles. The van der Waals surface area contributed by atoms with Crippen molar-refractivity contribution >= 4 is 33.4 Å². The van der Waals surface area contributed by atoms with Gasteiger partial charge in [-0.25, -0.2) is 9.78 Å². The van der Waals surface area contributed by atoms with E-state index in [1.54, 1.807) is 0 Å². The Labute approximate surface area is 127 Å². The molecule has 0 radical (unpaired) electrons. The quantitative estimate of drug-likeness (QED) is 0.633. The normalized spacial score (nSPS) is 10.1. The summed E-state index contributed by atoms with van der Waals surface area (Å²) in [5.74, 6) is -1.22. The number of hydrogen-bond acceptors (Lipinski definition) is 5. The number of halogens is 1. The van der Waals surface area contributed by atoms with Gasteiger partial charge in [-0.05, 0) is 17.7 Å². The van der Waals surface area contributed by atoms with E-state index in [1.807, 2.05) is 24.3 Å². The Morgan fingerprint density at radius 2 is 2.05 bits per heavy atom. The highest BCUT2D eigenvalue weighted by atomic mass is 79.9. The maximum absolute atomic E-state index is 11.0. The Balaban J connectivity index is 2.21. The molecule has 0 unspecified atom stereocenters. The lowest BCUT2D eigenvalue weighted by molar-refractivity contribution is -0.384. The largest absolute Gasteiger partial charge is 0.478 e. The second-order valence-corrected chi connectivity index (χ2v) is 5.05. The molecule has 108 valence electrons. The van der Waals surface area contributed by atoms with Crippen molar-refractivity contribution in [3.8, 4) is 0 Å². The summed E-state index contributed by atoms with van der Waals surface area (Å²) in [7, 11) is 0. The molecule has 2 N–H and O–H groups in total. The van der Waals surface area contributed by atoms with Gasteiger partial charge in [0.1, 0.15) is 0 Å². The number of carboxylic acids is 1. The van der Waals surface area contributed by atoms with Crippen molar-refractivity contribution in [3.05, 3.63) is 62.2 Å². The minimum atomic E-state index is -1.26. The van der Waals surface area contributed by atoms with Crippen LogP contribution in [0.25, 0.3) is 0 Å². The smallest absolute Gasteiger partial charge is 0.337 e. The Bertz CT molecular complexity index is 688. The summed E-state index contributed by atoms with van der Waals surface area (Å²) in [5.41, 5.74) is 0.319. The molecule has 0 saturated carbocycles. The molecule has 7 nitrogen and oxygen atoms in total. The van der Waals surface area contributed by atoms with Crippen LogP contribution in [0.15, 0.2) is 41.0 Å². The predicted molar refractivity (Wildman–Crippen MR) is 79.3 cm³/mol. The number of aromatic nitrogens is 1. The number of nitro groups is 1. The molecule has 2 aromatic rings. The van der Waals surface area contributed by atoms with Crippen LogP contribution >= 0.6 is 15.9 Å². The van der Waals surface area contributed by atoms with Crippen LogP contribution in [-0.4, -0.2) is 21.0 Å². The lowest BCUT2D eigenvalue weighted by Crippen LogP contribution is -2.07. The van der Waals surface area contributed by atoms with E-state index in [0.29, 0.717) is 6.54 Å². The minimum absolute atomic E-state index is 0.0351. The first-order chi connectivity index (χ1) is 9.97. The highest BCUT2D eigenvalue weighted by Gasteiger charge is 2.18. The molecule has 2 rings (SSSR count). The number of nitrogens with one attached hydrogen (secondary N) is 1. The standard InChI is InChI=1S/C13H10BrN3O4/c14-10-3-1-8(2-4-10)6-15-12-11(17(20)21)5-9(7-16-12)13(18)19/h1-5,7H,6H2,(H,15,16)(H,18,19). The van der Waals surface area contributed by atoms with Crippen LogP contribution in [0.1, 0.15) is 15.9 Å². The van der Waals surface area contributed by atoms with Crippen LogP contribution in [0.3, 0.4) is 0 Å². The summed E-state index contributed by atoms with van der Waals surface area (Å²) < 4.78 is 0.932. The monoisotopic (exact) mass is 351 g/mol. The highest BCUT2D eigenvalue weighted by molar-refractivity contribution is 9.10. The molecule has 0 spiro atoms. The number of benzene rings is 1. The Hall–Kier alpha value is -2.48. The average molecular weight is 352 g/mol. The fourth-order valence-corrected chi connectivity index (χ4v) is 1.90. The molecular formula is C13H10BrN3O4. The summed E-state index contributed by atoms with van der Waals surface area (Å²) in [4.78, 5) is 24.9. The molecule has 1 heterocycles. The topological polar surface area (TPSA) is 105 Å². The van der Waals surface area contributed by atoms with E-state index in [1.165, 1.54) is 0 Å². The van der Waals surface area contributed by atoms with Crippen LogP contribution < -0.4 is 5.32 Å². The third kappa shape index (κ3) is 3.76. The number of pyridine rings is 1. The van der Waals surface area contributed by atoms with Gasteiger partial charge < -0.3 is 10.4 Å². The molecule has 1 aromatic carbocycles. The molecular weight excluding hydrogens is 342 g/mol. The molecule has 0 fully saturated rings. The number of nitrogens with zero attached hydrogens (tertiary/aromatic N) is 2. The zero-order valence-corrected chi connectivity index (χ0v) is 12.2. The van der Waals surface area contributed by atoms with Gasteiger partial charge in [0.25, 0.3) is 0 Å². The van der Waals surface area contributed by atoms with Crippen molar-refractivity contribution in [1.29, 1.82) is 0 Å². The van der Waals surface area contributed by atoms with Gasteiger partial charge in [0, 0.05) is 23.3 Å². The SMILES string of the molecule is O=C(O)c1cnc(NCc2ccc(Br)cc2)c([N+](=O)[O-])c1. The van der Waals surface area contributed by atoms with E-state index in [9.17, 15) is 14.9 Å². The molecule has 0 bridgehead atoms. The molecule has 8 heteroatoms. The van der Waals surface area contributed by atoms with Crippen molar-refractivity contribution in [2.75, 3.05) is 5.32 Å². The fraction of sp³-hybridized carbons (Fsp3) is 0.0769. The van der Waals surface area contributed by atoms with Gasteiger partial charge in [0.05, 0.1) is 10.5 Å². The summed E-state index contributed by atoms with van der Waals surface area (Å²) in [6, 6.07) is 8.40. The van der Waals surface area contributed by atoms with E-state index in [4.69, 9.17) is 5.11 Å². The number of aromatic carboxylic acids is 1. The van der Waals surface area contributed by atoms with E-state index in [0.717, 1.165) is 22.3 Å². The molecule has 0 aliphatic heterocycles. The first-order valence-electron chi connectivity index (χ1n) is 5.83. The maximum atomic E-state index is 11.0. The van der Waals surface area contributed by atoms with Gasteiger partial charge in [-0.15, -0.1) is 0 Å². The van der Waals surface area contributed by atoms with E-state index < -0.39 is 10.9 Å². The average Bonchev–Trinajstić information content (AvgIpc) is 2.46. The molecule has 0 aliphatic carbocycles. The van der Waals surface area contributed by atoms with Gasteiger partial charge >= 0.3 is 11.7 Å². The first kappa shape index (κ1) is 14.9. The van der Waals surface area contributed by atoms with Gasteiger partial charge in [-0.1, -0.05) is 28.1 Å². The van der Waals surface area contributed by atoms with Crippen LogP contribution in [0.2, 0.25) is 0 Å². The minimum Gasteiger partial charge on any atom is -0.478 e. The van der Waals surface area contributed by atoms with Crippen molar-refractivity contribution < 1.29 is 14.8 Å². The van der Waals surface area contributed by atoms with Gasteiger partial charge in [-0.2, -0.15) is 0 Å². The molecule has 0 amide bonds. The highest BCUT2D eigenvalue weighted by Crippen LogP contribution is 2.23. The molecule has 0 atom stereocenters. The van der Waals surface area contributed by atoms with Crippen LogP contribution in [0.5, 0.6) is 0 Å². The van der Waals surface area contributed by atoms with Gasteiger partial charge in [-0.3, -0.25) is 10.1 Å². The van der Waals surface area contributed by atoms with Gasteiger partial charge in [0.15, 0.2) is 0 Å². The second kappa shape index (κ2) is 6.31. The van der Waals surface area contributed by atoms with E-state index in [-0.39, 0.29) is 17.1 Å². The van der Waals surface area contributed by atoms with Crippen LogP contribution in [-0.2, 0) is 6.54 Å². The number of hydrogen-bond donors (Lipinski definition) is 2. The van der Waals surface area contributed by atoms with Gasteiger partial charge in [0.2, 0.25) is 5.82 Å². The van der Waals surface area contributed by atoms with Crippen LogP contribution in [0.4, 0.5) is 11.5 Å². The summed E-state index contributed by atoms with van der Waals surface area (Å²) in [6.45, 7) is 0.341. The van der Waals surface area contributed by atoms with Crippen molar-refractivity contribution in [1.82, 2.24) is 4.98 Å². The fourth-order valence-electron chi connectivity index (χ4n) is 1.63. The zero-order valence-electron chi connectivity index (χ0n) is 10.6. The number of carboxylic acid groups (broad SMARTS) is 1. The number of anilines is 1. The zero-order chi connectivity index (χ0) is 15.4. The summed E-state index contributed by atoms with van der Waals surface area (Å²) in [5, 5.41) is 22.6.